The van der Waals surface area contributed by atoms with E-state index in [1.165, 1.54) is 16.7 Å². The maximum absolute atomic E-state index is 6.64. The van der Waals surface area contributed by atoms with Crippen molar-refractivity contribution in [3.8, 4) is 17.2 Å². The highest BCUT2D eigenvalue weighted by Gasteiger charge is 2.32. The first-order valence-electron chi connectivity index (χ1n) is 11.8. The molecule has 0 radical (unpaired) electrons. The highest BCUT2D eigenvalue weighted by Crippen LogP contribution is 2.45. The van der Waals surface area contributed by atoms with Crippen LogP contribution < -0.4 is 14.2 Å². The van der Waals surface area contributed by atoms with Gasteiger partial charge < -0.3 is 18.9 Å². The molecule has 2 aliphatic heterocycles. The summed E-state index contributed by atoms with van der Waals surface area (Å²) in [6.45, 7) is 4.20. The molecule has 3 aromatic carbocycles. The van der Waals surface area contributed by atoms with Gasteiger partial charge >= 0.3 is 0 Å². The molecule has 0 aliphatic carbocycles. The molecule has 0 aromatic heterocycles. The minimum Gasteiger partial charge on any atom is -0.493 e. The number of para-hydroxylation sites is 1. The van der Waals surface area contributed by atoms with Crippen LogP contribution in [0.5, 0.6) is 17.2 Å². The highest BCUT2D eigenvalue weighted by atomic mass is 16.5. The van der Waals surface area contributed by atoms with Gasteiger partial charge in [0.05, 0.1) is 27.4 Å². The third-order valence-corrected chi connectivity index (χ3v) is 6.64. The Kier molecular flexibility index (Phi) is 6.84. The SMILES string of the molecule is COc1ccc(C2=C(CN3CCOCC3)[C@H](Cc3ccccc3)c3ccccc3O2)cc1OC. The molecule has 2 aliphatic rings. The molecule has 34 heavy (non-hydrogen) atoms. The highest BCUT2D eigenvalue weighted by molar-refractivity contribution is 5.72. The van der Waals surface area contributed by atoms with Crippen molar-refractivity contribution in [2.24, 2.45) is 0 Å². The molecule has 0 bridgehead atoms. The Morgan fingerprint density at radius 2 is 1.59 bits per heavy atom. The van der Waals surface area contributed by atoms with Crippen molar-refractivity contribution in [2.75, 3.05) is 47.1 Å². The monoisotopic (exact) mass is 457 g/mol. The third kappa shape index (κ3) is 4.67. The fourth-order valence-corrected chi connectivity index (χ4v) is 4.87. The third-order valence-electron chi connectivity index (χ3n) is 6.64. The number of nitrogens with zero attached hydrogens (tertiary/aromatic N) is 1. The van der Waals surface area contributed by atoms with Crippen LogP contribution in [0, 0.1) is 0 Å². The van der Waals surface area contributed by atoms with Gasteiger partial charge in [0.1, 0.15) is 11.5 Å². The zero-order chi connectivity index (χ0) is 23.3. The normalized spacial score (nSPS) is 18.2. The lowest BCUT2D eigenvalue weighted by Gasteiger charge is -2.35. The van der Waals surface area contributed by atoms with Crippen LogP contribution in [-0.2, 0) is 11.2 Å². The van der Waals surface area contributed by atoms with Gasteiger partial charge in [-0.2, -0.15) is 0 Å². The summed E-state index contributed by atoms with van der Waals surface area (Å²) in [7, 11) is 3.32. The molecule has 2 heterocycles. The maximum Gasteiger partial charge on any atom is 0.161 e. The molecule has 3 aromatic rings. The van der Waals surface area contributed by atoms with E-state index in [4.69, 9.17) is 18.9 Å². The van der Waals surface area contributed by atoms with Crippen molar-refractivity contribution in [1.82, 2.24) is 4.90 Å². The molecule has 0 amide bonds. The largest absolute Gasteiger partial charge is 0.493 e. The molecule has 1 atom stereocenters. The lowest BCUT2D eigenvalue weighted by atomic mass is 9.81. The predicted molar refractivity (Wildman–Crippen MR) is 134 cm³/mol. The quantitative estimate of drug-likeness (QED) is 0.490. The summed E-state index contributed by atoms with van der Waals surface area (Å²) in [5, 5.41) is 0. The molecule has 5 nitrogen and oxygen atoms in total. The fourth-order valence-electron chi connectivity index (χ4n) is 4.87. The van der Waals surface area contributed by atoms with E-state index in [9.17, 15) is 0 Å². The summed E-state index contributed by atoms with van der Waals surface area (Å²) in [6.07, 6.45) is 0.914. The van der Waals surface area contributed by atoms with Crippen molar-refractivity contribution >= 4 is 5.76 Å². The fraction of sp³-hybridized carbons (Fsp3) is 0.310. The second-order valence-corrected chi connectivity index (χ2v) is 8.69. The Morgan fingerprint density at radius 3 is 2.35 bits per heavy atom. The molecular formula is C29H31NO4. The first kappa shape index (κ1) is 22.5. The second kappa shape index (κ2) is 10.3. The summed E-state index contributed by atoms with van der Waals surface area (Å²) >= 11 is 0. The van der Waals surface area contributed by atoms with Gasteiger partial charge in [-0.3, -0.25) is 4.90 Å². The first-order valence-corrected chi connectivity index (χ1v) is 11.8. The van der Waals surface area contributed by atoms with Crippen LogP contribution in [0.4, 0.5) is 0 Å². The molecular weight excluding hydrogens is 426 g/mol. The van der Waals surface area contributed by atoms with Gasteiger partial charge in [0.25, 0.3) is 0 Å². The van der Waals surface area contributed by atoms with Crippen molar-refractivity contribution < 1.29 is 18.9 Å². The standard InChI is InChI=1S/C29H31NO4/c1-31-27-13-12-22(19-28(27)32-2)29-25(20-30-14-16-33-17-15-30)24(18-21-8-4-3-5-9-21)23-10-6-7-11-26(23)34-29/h3-13,19,24H,14-18,20H2,1-2H3/t24-/m1/s1. The Bertz CT molecular complexity index is 1150. The molecule has 0 unspecified atom stereocenters. The molecule has 5 heteroatoms. The average molecular weight is 458 g/mol. The summed E-state index contributed by atoms with van der Waals surface area (Å²) in [6, 6.07) is 25.2. The van der Waals surface area contributed by atoms with E-state index in [2.05, 4.69) is 59.5 Å². The van der Waals surface area contributed by atoms with E-state index in [0.717, 1.165) is 56.3 Å². The zero-order valence-corrected chi connectivity index (χ0v) is 19.8. The maximum atomic E-state index is 6.64. The van der Waals surface area contributed by atoms with Crippen molar-refractivity contribution in [2.45, 2.75) is 12.3 Å². The number of hydrogen-bond donors (Lipinski definition) is 0. The summed E-state index contributed by atoms with van der Waals surface area (Å²) < 4.78 is 23.3. The molecule has 1 saturated heterocycles. The van der Waals surface area contributed by atoms with E-state index in [-0.39, 0.29) is 5.92 Å². The first-order chi connectivity index (χ1) is 16.8. The van der Waals surface area contributed by atoms with Gasteiger partial charge in [-0.1, -0.05) is 48.5 Å². The van der Waals surface area contributed by atoms with Crippen LogP contribution in [0.3, 0.4) is 0 Å². The Hall–Kier alpha value is -3.28. The number of rotatable bonds is 7. The van der Waals surface area contributed by atoms with Crippen LogP contribution >= 0.6 is 0 Å². The van der Waals surface area contributed by atoms with Crippen molar-refractivity contribution in [1.29, 1.82) is 0 Å². The van der Waals surface area contributed by atoms with Gasteiger partial charge in [0.15, 0.2) is 11.5 Å². The molecule has 0 spiro atoms. The van der Waals surface area contributed by atoms with Gasteiger partial charge in [-0.05, 0) is 41.8 Å². The second-order valence-electron chi connectivity index (χ2n) is 8.69. The number of fused-ring (bicyclic) bond motifs is 1. The number of morpholine rings is 1. The summed E-state index contributed by atoms with van der Waals surface area (Å²) in [4.78, 5) is 2.47. The van der Waals surface area contributed by atoms with E-state index in [0.29, 0.717) is 11.5 Å². The van der Waals surface area contributed by atoms with Gasteiger partial charge in [-0.15, -0.1) is 0 Å². The van der Waals surface area contributed by atoms with Crippen LogP contribution in [0.2, 0.25) is 0 Å². The molecule has 0 saturated carbocycles. The van der Waals surface area contributed by atoms with E-state index >= 15 is 0 Å². The molecule has 176 valence electrons. The lowest BCUT2D eigenvalue weighted by Crippen LogP contribution is -2.39. The molecule has 1 fully saturated rings. The lowest BCUT2D eigenvalue weighted by molar-refractivity contribution is 0.0415. The number of ether oxygens (including phenoxy) is 4. The van der Waals surface area contributed by atoms with E-state index < -0.39 is 0 Å². The predicted octanol–water partition coefficient (Wildman–Crippen LogP) is 5.17. The van der Waals surface area contributed by atoms with Crippen LogP contribution in [0.25, 0.3) is 5.76 Å². The Balaban J connectivity index is 1.63. The van der Waals surface area contributed by atoms with Crippen LogP contribution in [0.1, 0.15) is 22.6 Å². The smallest absolute Gasteiger partial charge is 0.161 e. The number of methoxy groups -OCH3 is 2. The summed E-state index contributed by atoms with van der Waals surface area (Å²) in [5.74, 6) is 3.43. The van der Waals surface area contributed by atoms with Gasteiger partial charge in [-0.25, -0.2) is 0 Å². The Morgan fingerprint density at radius 1 is 0.853 bits per heavy atom. The van der Waals surface area contributed by atoms with Crippen LogP contribution in [0.15, 0.2) is 78.4 Å². The van der Waals surface area contributed by atoms with Crippen LogP contribution in [-0.4, -0.2) is 52.0 Å². The minimum atomic E-state index is 0.207. The number of hydrogen-bond acceptors (Lipinski definition) is 5. The average Bonchev–Trinajstić information content (AvgIpc) is 2.90. The topological polar surface area (TPSA) is 40.2 Å². The summed E-state index contributed by atoms with van der Waals surface area (Å²) in [5.41, 5.74) is 4.83. The van der Waals surface area contributed by atoms with E-state index in [1.807, 2.05) is 18.2 Å². The number of benzene rings is 3. The molecule has 0 N–H and O–H groups in total. The molecule has 5 rings (SSSR count). The van der Waals surface area contributed by atoms with Gasteiger partial charge in [0.2, 0.25) is 0 Å². The van der Waals surface area contributed by atoms with Gasteiger partial charge in [0, 0.05) is 36.7 Å². The minimum absolute atomic E-state index is 0.207. The zero-order valence-electron chi connectivity index (χ0n) is 19.8. The van der Waals surface area contributed by atoms with E-state index in [1.54, 1.807) is 14.2 Å². The Labute approximate surface area is 201 Å². The van der Waals surface area contributed by atoms with Crippen molar-refractivity contribution in [3.05, 3.63) is 95.1 Å². The van der Waals surface area contributed by atoms with Crippen molar-refractivity contribution in [3.63, 3.8) is 0 Å².